The van der Waals surface area contributed by atoms with Gasteiger partial charge in [0.25, 0.3) is 5.56 Å². The molecule has 164 valence electrons. The van der Waals surface area contributed by atoms with Crippen LogP contribution in [0.25, 0.3) is 27.0 Å². The highest BCUT2D eigenvalue weighted by atomic mass is 32.2. The van der Waals surface area contributed by atoms with Gasteiger partial charge >= 0.3 is 0 Å². The number of rotatable bonds is 6. The first-order valence-corrected chi connectivity index (χ1v) is 12.3. The molecule has 5 nitrogen and oxygen atoms in total. The van der Waals surface area contributed by atoms with Crippen LogP contribution in [-0.4, -0.2) is 26.8 Å². The maximum atomic E-state index is 13.9. The lowest BCUT2D eigenvalue weighted by Gasteiger charge is -2.18. The number of aryl methyl sites for hydroxylation is 1. The summed E-state index contributed by atoms with van der Waals surface area (Å²) in [7, 11) is 0. The van der Waals surface area contributed by atoms with Crippen LogP contribution in [0.4, 0.5) is 0 Å². The maximum Gasteiger partial charge on any atom is 0.268 e. The first-order valence-electron chi connectivity index (χ1n) is 10.5. The van der Waals surface area contributed by atoms with E-state index in [1.165, 1.54) is 23.1 Å². The van der Waals surface area contributed by atoms with Crippen LogP contribution in [-0.2, 0) is 4.79 Å². The number of hydrogen-bond donors (Lipinski definition) is 1. The molecular weight excluding hydrogens is 438 g/mol. The van der Waals surface area contributed by atoms with E-state index in [1.54, 1.807) is 4.57 Å². The molecule has 0 radical (unpaired) electrons. The van der Waals surface area contributed by atoms with Crippen molar-refractivity contribution >= 4 is 39.2 Å². The molecule has 0 unspecified atom stereocenters. The topological polar surface area (TPSA) is 64.0 Å². The molecule has 0 aliphatic rings. The van der Waals surface area contributed by atoms with Crippen molar-refractivity contribution in [1.82, 2.24) is 14.9 Å². The van der Waals surface area contributed by atoms with Crippen LogP contribution in [0.5, 0.6) is 0 Å². The van der Waals surface area contributed by atoms with E-state index in [2.05, 4.69) is 5.32 Å². The van der Waals surface area contributed by atoms with Gasteiger partial charge in [-0.2, -0.15) is 0 Å². The van der Waals surface area contributed by atoms with Gasteiger partial charge in [-0.1, -0.05) is 60.3 Å². The molecule has 2 aromatic heterocycles. The van der Waals surface area contributed by atoms with E-state index >= 15 is 0 Å². The van der Waals surface area contributed by atoms with Gasteiger partial charge < -0.3 is 5.32 Å². The molecule has 2 aromatic carbocycles. The van der Waals surface area contributed by atoms with Gasteiger partial charge in [0, 0.05) is 17.0 Å². The number of nitrogens with one attached hydrogen (secondary N) is 1. The minimum atomic E-state index is -0.398. The number of aromatic nitrogens is 2. The zero-order chi connectivity index (χ0) is 22.8. The molecule has 0 aliphatic carbocycles. The molecule has 1 atom stereocenters. The van der Waals surface area contributed by atoms with Gasteiger partial charge in [0.1, 0.15) is 4.83 Å². The number of carbonyl (C=O) groups excluding carboxylic acids is 1. The van der Waals surface area contributed by atoms with E-state index in [4.69, 9.17) is 4.98 Å². The van der Waals surface area contributed by atoms with Gasteiger partial charge in [-0.05, 0) is 44.9 Å². The number of carbonyl (C=O) groups is 1. The SMILES string of the molecule is Cc1ccccc1-n1c(S[C@H](C)C(=O)NC(C)C)nc2scc(-c3ccccc3)c2c1=O. The van der Waals surface area contributed by atoms with Crippen LogP contribution in [0.2, 0.25) is 0 Å². The molecule has 0 saturated carbocycles. The molecular formula is C25H25N3O2S2. The Hall–Kier alpha value is -2.90. The van der Waals surface area contributed by atoms with Crippen LogP contribution < -0.4 is 10.9 Å². The van der Waals surface area contributed by atoms with Crippen molar-refractivity contribution in [2.75, 3.05) is 0 Å². The van der Waals surface area contributed by atoms with Crippen molar-refractivity contribution in [3.05, 3.63) is 75.9 Å². The summed E-state index contributed by atoms with van der Waals surface area (Å²) in [6.07, 6.45) is 0. The van der Waals surface area contributed by atoms with Crippen LogP contribution >= 0.6 is 23.1 Å². The number of fused-ring (bicyclic) bond motifs is 1. The number of para-hydroxylation sites is 1. The van der Waals surface area contributed by atoms with E-state index in [0.29, 0.717) is 15.4 Å². The standard InChI is InChI=1S/C25H25N3O2S2/c1-15(2)26-22(29)17(4)32-25-27-23-21(19(14-31-23)18-11-6-5-7-12-18)24(30)28(25)20-13-9-8-10-16(20)3/h5-15,17H,1-4H3,(H,26,29)/t17-/m1/s1. The predicted octanol–water partition coefficient (Wildman–Crippen LogP) is 5.43. The van der Waals surface area contributed by atoms with Gasteiger partial charge in [0.2, 0.25) is 5.91 Å². The van der Waals surface area contributed by atoms with Crippen LogP contribution in [0.15, 0.2) is 69.9 Å². The lowest BCUT2D eigenvalue weighted by Crippen LogP contribution is -2.36. The first kappa shape index (κ1) is 22.3. The average Bonchev–Trinajstić information content (AvgIpc) is 3.19. The Balaban J connectivity index is 1.92. The van der Waals surface area contributed by atoms with Crippen molar-refractivity contribution in [3.8, 4) is 16.8 Å². The van der Waals surface area contributed by atoms with Crippen LogP contribution in [0, 0.1) is 6.92 Å². The van der Waals surface area contributed by atoms with E-state index in [-0.39, 0.29) is 17.5 Å². The summed E-state index contributed by atoms with van der Waals surface area (Å²) in [4.78, 5) is 32.0. The third-order valence-corrected chi connectivity index (χ3v) is 7.03. The van der Waals surface area contributed by atoms with Crippen molar-refractivity contribution in [2.24, 2.45) is 0 Å². The van der Waals surface area contributed by atoms with Crippen LogP contribution in [0.3, 0.4) is 0 Å². The number of hydrogen-bond acceptors (Lipinski definition) is 5. The Morgan fingerprint density at radius 1 is 1.06 bits per heavy atom. The van der Waals surface area contributed by atoms with E-state index in [9.17, 15) is 9.59 Å². The molecule has 4 aromatic rings. The van der Waals surface area contributed by atoms with E-state index in [0.717, 1.165) is 22.4 Å². The summed E-state index contributed by atoms with van der Waals surface area (Å²) in [6.45, 7) is 7.67. The lowest BCUT2D eigenvalue weighted by atomic mass is 10.1. The molecule has 0 bridgehead atoms. The summed E-state index contributed by atoms with van der Waals surface area (Å²) in [5.74, 6) is -0.0770. The van der Waals surface area contributed by atoms with Crippen molar-refractivity contribution < 1.29 is 4.79 Å². The Kier molecular flexibility index (Phi) is 6.48. The third kappa shape index (κ3) is 4.36. The fourth-order valence-electron chi connectivity index (χ4n) is 3.52. The number of thiophene rings is 1. The molecule has 4 rings (SSSR count). The second kappa shape index (κ2) is 9.30. The molecule has 32 heavy (non-hydrogen) atoms. The van der Waals surface area contributed by atoms with Gasteiger partial charge in [0.15, 0.2) is 5.16 Å². The van der Waals surface area contributed by atoms with Crippen molar-refractivity contribution in [3.63, 3.8) is 0 Å². The maximum absolute atomic E-state index is 13.9. The number of benzene rings is 2. The fraction of sp³-hybridized carbons (Fsp3) is 0.240. The summed E-state index contributed by atoms with van der Waals surface area (Å²) >= 11 is 2.76. The quantitative estimate of drug-likeness (QED) is 0.306. The average molecular weight is 464 g/mol. The highest BCUT2D eigenvalue weighted by Gasteiger charge is 2.23. The smallest absolute Gasteiger partial charge is 0.268 e. The number of amides is 1. The zero-order valence-electron chi connectivity index (χ0n) is 18.5. The Bertz CT molecular complexity index is 1330. The zero-order valence-corrected chi connectivity index (χ0v) is 20.1. The van der Waals surface area contributed by atoms with Crippen molar-refractivity contribution in [2.45, 2.75) is 44.1 Å². The van der Waals surface area contributed by atoms with Gasteiger partial charge in [-0.3, -0.25) is 14.2 Å². The number of thioether (sulfide) groups is 1. The van der Waals surface area contributed by atoms with E-state index < -0.39 is 5.25 Å². The first-order chi connectivity index (χ1) is 15.4. The molecule has 7 heteroatoms. The fourth-order valence-corrected chi connectivity index (χ4v) is 5.44. The highest BCUT2D eigenvalue weighted by molar-refractivity contribution is 8.00. The highest BCUT2D eigenvalue weighted by Crippen LogP contribution is 2.34. The molecule has 1 N–H and O–H groups in total. The second-order valence-corrected chi connectivity index (χ2v) is 10.1. The summed E-state index contributed by atoms with van der Waals surface area (Å²) < 4.78 is 1.65. The van der Waals surface area contributed by atoms with Crippen molar-refractivity contribution in [1.29, 1.82) is 0 Å². The predicted molar refractivity (Wildman–Crippen MR) is 134 cm³/mol. The molecule has 1 amide bonds. The Labute approximate surface area is 195 Å². The van der Waals surface area contributed by atoms with E-state index in [1.807, 2.05) is 87.7 Å². The molecule has 2 heterocycles. The Morgan fingerprint density at radius 3 is 2.44 bits per heavy atom. The Morgan fingerprint density at radius 2 is 1.75 bits per heavy atom. The summed E-state index contributed by atoms with van der Waals surface area (Å²) in [5.41, 5.74) is 3.49. The minimum Gasteiger partial charge on any atom is -0.353 e. The minimum absolute atomic E-state index is 0.0466. The second-order valence-electron chi connectivity index (χ2n) is 7.94. The lowest BCUT2D eigenvalue weighted by molar-refractivity contribution is -0.120. The molecule has 0 spiro atoms. The van der Waals surface area contributed by atoms with Gasteiger partial charge in [-0.15, -0.1) is 11.3 Å². The molecule has 0 aliphatic heterocycles. The third-order valence-electron chi connectivity index (χ3n) is 5.10. The molecule has 0 fully saturated rings. The monoisotopic (exact) mass is 463 g/mol. The van der Waals surface area contributed by atoms with Gasteiger partial charge in [-0.25, -0.2) is 4.98 Å². The normalized spacial score (nSPS) is 12.3. The summed E-state index contributed by atoms with van der Waals surface area (Å²) in [6, 6.07) is 17.7. The van der Waals surface area contributed by atoms with Crippen LogP contribution in [0.1, 0.15) is 26.3 Å². The molecule has 0 saturated heterocycles. The summed E-state index contributed by atoms with van der Waals surface area (Å²) in [5, 5.41) is 5.65. The largest absolute Gasteiger partial charge is 0.353 e. The number of nitrogens with zero attached hydrogens (tertiary/aromatic N) is 2. The van der Waals surface area contributed by atoms with Gasteiger partial charge in [0.05, 0.1) is 16.3 Å².